The van der Waals surface area contributed by atoms with Gasteiger partial charge in [0, 0.05) is 11.1 Å². The number of rotatable bonds is 9. The van der Waals surface area contributed by atoms with Gasteiger partial charge in [0.15, 0.2) is 0 Å². The first-order valence-corrected chi connectivity index (χ1v) is 12.7. The van der Waals surface area contributed by atoms with Gasteiger partial charge in [-0.2, -0.15) is 0 Å². The Bertz CT molecular complexity index is 1360. The molecule has 0 saturated carbocycles. The van der Waals surface area contributed by atoms with Gasteiger partial charge in [-0.15, -0.1) is 0 Å². The van der Waals surface area contributed by atoms with Crippen molar-refractivity contribution in [1.29, 1.82) is 0 Å². The molecule has 1 atom stereocenters. The number of hydrogen-bond donors (Lipinski definition) is 1. The molecular formula is C31H33NO6. The third kappa shape index (κ3) is 5.37. The molecule has 198 valence electrons. The summed E-state index contributed by atoms with van der Waals surface area (Å²) in [6.45, 7) is 8.28. The average molecular weight is 516 g/mol. The van der Waals surface area contributed by atoms with E-state index in [1.165, 1.54) is 4.90 Å². The summed E-state index contributed by atoms with van der Waals surface area (Å²) in [4.78, 5) is 28.3. The Morgan fingerprint density at radius 3 is 2.34 bits per heavy atom. The van der Waals surface area contributed by atoms with Gasteiger partial charge in [-0.25, -0.2) is 0 Å². The Morgan fingerprint density at radius 2 is 1.71 bits per heavy atom. The van der Waals surface area contributed by atoms with Crippen LogP contribution in [0.5, 0.6) is 17.2 Å². The van der Waals surface area contributed by atoms with E-state index in [9.17, 15) is 14.7 Å². The predicted octanol–water partition coefficient (Wildman–Crippen LogP) is 5.81. The number of ketones is 1. The zero-order chi connectivity index (χ0) is 27.4. The quantitative estimate of drug-likeness (QED) is 0.220. The van der Waals surface area contributed by atoms with Gasteiger partial charge >= 0.3 is 0 Å². The molecular weight excluding hydrogens is 482 g/mol. The second-order valence-electron chi connectivity index (χ2n) is 9.39. The fraction of sp³-hybridized carbons (Fsp3) is 0.290. The average Bonchev–Trinajstić information content (AvgIpc) is 3.15. The molecule has 1 N–H and O–H groups in total. The summed E-state index contributed by atoms with van der Waals surface area (Å²) >= 11 is 0. The van der Waals surface area contributed by atoms with Crippen molar-refractivity contribution in [2.24, 2.45) is 0 Å². The van der Waals surface area contributed by atoms with E-state index >= 15 is 0 Å². The van der Waals surface area contributed by atoms with Crippen LogP contribution in [-0.2, 0) is 16.1 Å². The fourth-order valence-corrected chi connectivity index (χ4v) is 4.68. The summed E-state index contributed by atoms with van der Waals surface area (Å²) in [6, 6.07) is 19.0. The first-order valence-electron chi connectivity index (χ1n) is 12.7. The maximum atomic E-state index is 13.4. The number of amides is 1. The molecule has 4 rings (SSSR count). The molecule has 1 heterocycles. The van der Waals surface area contributed by atoms with Crippen molar-refractivity contribution in [2.45, 2.75) is 46.4 Å². The Kier molecular flexibility index (Phi) is 8.05. The number of methoxy groups -OCH3 is 1. The minimum absolute atomic E-state index is 0.0000644. The highest BCUT2D eigenvalue weighted by molar-refractivity contribution is 6.46. The summed E-state index contributed by atoms with van der Waals surface area (Å²) in [5, 5.41) is 11.4. The van der Waals surface area contributed by atoms with Crippen LogP contribution in [-0.4, -0.2) is 41.5 Å². The van der Waals surface area contributed by atoms with Crippen LogP contribution in [0, 0.1) is 6.92 Å². The highest BCUT2D eigenvalue weighted by atomic mass is 16.5. The lowest BCUT2D eigenvalue weighted by atomic mass is 9.94. The Balaban J connectivity index is 1.83. The third-order valence-electron chi connectivity index (χ3n) is 6.39. The topological polar surface area (TPSA) is 85.3 Å². The fourth-order valence-electron chi connectivity index (χ4n) is 4.68. The molecule has 1 aliphatic rings. The summed E-state index contributed by atoms with van der Waals surface area (Å²) < 4.78 is 16.9. The van der Waals surface area contributed by atoms with Crippen LogP contribution in [0.4, 0.5) is 0 Å². The lowest BCUT2D eigenvalue weighted by Crippen LogP contribution is -2.29. The van der Waals surface area contributed by atoms with Crippen LogP contribution in [0.3, 0.4) is 0 Å². The number of aliphatic hydroxyl groups is 1. The van der Waals surface area contributed by atoms with Crippen molar-refractivity contribution in [3.63, 3.8) is 0 Å². The number of carbonyl (C=O) groups excluding carboxylic acids is 2. The predicted molar refractivity (Wildman–Crippen MR) is 145 cm³/mol. The minimum atomic E-state index is -0.806. The third-order valence-corrected chi connectivity index (χ3v) is 6.39. The van der Waals surface area contributed by atoms with E-state index in [1.807, 2.05) is 64.1 Å². The number of benzene rings is 3. The summed E-state index contributed by atoms with van der Waals surface area (Å²) in [7, 11) is 1.56. The Hall–Kier alpha value is -4.26. The van der Waals surface area contributed by atoms with Crippen molar-refractivity contribution in [2.75, 3.05) is 13.7 Å². The van der Waals surface area contributed by atoms with Crippen molar-refractivity contribution < 1.29 is 28.9 Å². The van der Waals surface area contributed by atoms with Gasteiger partial charge in [-0.05, 0) is 75.2 Å². The first-order chi connectivity index (χ1) is 18.2. The second kappa shape index (κ2) is 11.4. The minimum Gasteiger partial charge on any atom is -0.507 e. The van der Waals surface area contributed by atoms with E-state index in [0.717, 1.165) is 11.1 Å². The van der Waals surface area contributed by atoms with Crippen molar-refractivity contribution >= 4 is 17.4 Å². The van der Waals surface area contributed by atoms with Crippen LogP contribution in [0.15, 0.2) is 72.3 Å². The molecule has 3 aromatic rings. The number of likely N-dealkylation sites (tertiary alicyclic amines) is 1. The Labute approximate surface area is 223 Å². The smallest absolute Gasteiger partial charge is 0.295 e. The summed E-state index contributed by atoms with van der Waals surface area (Å²) in [5.41, 5.74) is 2.71. The number of Topliss-reactive ketones (excluding diaryl/α,β-unsaturated/α-hetero) is 1. The molecule has 1 unspecified atom stereocenters. The van der Waals surface area contributed by atoms with E-state index in [2.05, 4.69) is 0 Å². The summed E-state index contributed by atoms with van der Waals surface area (Å²) in [5.74, 6) is 0.315. The molecule has 0 spiro atoms. The molecule has 1 amide bonds. The van der Waals surface area contributed by atoms with E-state index in [-0.39, 0.29) is 24.0 Å². The zero-order valence-electron chi connectivity index (χ0n) is 22.4. The van der Waals surface area contributed by atoms with Gasteiger partial charge in [0.25, 0.3) is 11.7 Å². The van der Waals surface area contributed by atoms with Crippen LogP contribution < -0.4 is 14.2 Å². The van der Waals surface area contributed by atoms with E-state index < -0.39 is 17.7 Å². The van der Waals surface area contributed by atoms with Crippen molar-refractivity contribution in [3.8, 4) is 17.2 Å². The van der Waals surface area contributed by atoms with Gasteiger partial charge < -0.3 is 24.2 Å². The molecule has 0 aromatic heterocycles. The number of aryl methyl sites for hydroxylation is 1. The molecule has 0 bridgehead atoms. The van der Waals surface area contributed by atoms with E-state index in [4.69, 9.17) is 14.2 Å². The van der Waals surface area contributed by atoms with E-state index in [1.54, 1.807) is 37.4 Å². The highest BCUT2D eigenvalue weighted by Gasteiger charge is 2.46. The molecule has 0 radical (unpaired) electrons. The summed E-state index contributed by atoms with van der Waals surface area (Å²) in [6.07, 6.45) is -0.0000644. The van der Waals surface area contributed by atoms with Crippen molar-refractivity contribution in [1.82, 2.24) is 4.90 Å². The lowest BCUT2D eigenvalue weighted by molar-refractivity contribution is -0.140. The largest absolute Gasteiger partial charge is 0.507 e. The van der Waals surface area contributed by atoms with Crippen molar-refractivity contribution in [3.05, 3.63) is 94.6 Å². The molecule has 7 heteroatoms. The molecule has 7 nitrogen and oxygen atoms in total. The Morgan fingerprint density at radius 1 is 1.00 bits per heavy atom. The number of ether oxygens (including phenoxy) is 3. The van der Waals surface area contributed by atoms with Crippen LogP contribution in [0.1, 0.15) is 49.1 Å². The van der Waals surface area contributed by atoms with Gasteiger partial charge in [-0.3, -0.25) is 9.59 Å². The SMILES string of the molecule is CCOc1ccc(/C(O)=C2/C(=O)C(=O)N(Cc3ccccc3OC)C2c2ccc(OC(C)C)cc2)cc1C. The number of para-hydroxylation sites is 1. The standard InChI is InChI=1S/C31H33NO6/c1-6-37-25-16-13-22(17-20(25)4)29(33)27-28(21-11-14-24(15-12-21)38-19(2)3)32(31(35)30(27)34)18-23-9-7-8-10-26(23)36-5/h7-17,19,28,33H,6,18H2,1-5H3/b29-27-. The second-order valence-corrected chi connectivity index (χ2v) is 9.39. The molecule has 1 aliphatic heterocycles. The van der Waals surface area contributed by atoms with Gasteiger partial charge in [-0.1, -0.05) is 30.3 Å². The number of nitrogens with zero attached hydrogens (tertiary/aromatic N) is 1. The van der Waals surface area contributed by atoms with Crippen LogP contribution >= 0.6 is 0 Å². The number of carbonyl (C=O) groups is 2. The molecule has 1 fully saturated rings. The van der Waals surface area contributed by atoms with Crippen LogP contribution in [0.2, 0.25) is 0 Å². The van der Waals surface area contributed by atoms with Gasteiger partial charge in [0.1, 0.15) is 23.0 Å². The molecule has 1 saturated heterocycles. The lowest BCUT2D eigenvalue weighted by Gasteiger charge is -2.26. The van der Waals surface area contributed by atoms with Gasteiger partial charge in [0.05, 0.1) is 38.0 Å². The maximum Gasteiger partial charge on any atom is 0.295 e. The zero-order valence-corrected chi connectivity index (χ0v) is 22.4. The monoisotopic (exact) mass is 515 g/mol. The maximum absolute atomic E-state index is 13.4. The van der Waals surface area contributed by atoms with Gasteiger partial charge in [0.2, 0.25) is 0 Å². The number of aliphatic hydroxyl groups excluding tert-OH is 1. The number of hydrogen-bond acceptors (Lipinski definition) is 6. The molecule has 3 aromatic carbocycles. The normalized spacial score (nSPS) is 16.7. The molecule has 0 aliphatic carbocycles. The molecule has 38 heavy (non-hydrogen) atoms. The first kappa shape index (κ1) is 26.8. The highest BCUT2D eigenvalue weighted by Crippen LogP contribution is 2.41. The van der Waals surface area contributed by atoms with Crippen LogP contribution in [0.25, 0.3) is 5.76 Å². The van der Waals surface area contributed by atoms with E-state index in [0.29, 0.717) is 35.0 Å².